The van der Waals surface area contributed by atoms with Crippen LogP contribution in [0.5, 0.6) is 23.0 Å². The third kappa shape index (κ3) is 6.96. The highest BCUT2D eigenvalue weighted by atomic mass is 16.5. The molecule has 1 spiro atoms. The molecule has 1 fully saturated rings. The lowest BCUT2D eigenvalue weighted by Crippen LogP contribution is -2.44. The highest BCUT2D eigenvalue weighted by Crippen LogP contribution is 2.67. The summed E-state index contributed by atoms with van der Waals surface area (Å²) in [5, 5.41) is 22.8. The van der Waals surface area contributed by atoms with Crippen LogP contribution in [0.15, 0.2) is 109 Å². The van der Waals surface area contributed by atoms with Gasteiger partial charge in [0, 0.05) is 33.1 Å². The lowest BCUT2D eigenvalue weighted by Gasteiger charge is -2.52. The normalized spacial score (nSPS) is 17.2. The van der Waals surface area contributed by atoms with E-state index >= 15 is 0 Å². The second-order valence-corrected chi connectivity index (χ2v) is 19.3. The number of methoxy groups -OCH3 is 1. The fourth-order valence-electron chi connectivity index (χ4n) is 11.7. The summed E-state index contributed by atoms with van der Waals surface area (Å²) in [6.07, 6.45) is 9.61. The zero-order chi connectivity index (χ0) is 43.4. The summed E-state index contributed by atoms with van der Waals surface area (Å²) < 4.78 is 26.3. The zero-order valence-corrected chi connectivity index (χ0v) is 37.4. The summed E-state index contributed by atoms with van der Waals surface area (Å²) in [5.74, 6) is 3.14. The topological polar surface area (TPSA) is 77.4 Å². The maximum atomic E-state index is 10.7. The first-order valence-corrected chi connectivity index (χ1v) is 22.4. The number of ether oxygens (including phenoxy) is 4. The van der Waals surface area contributed by atoms with Crippen molar-refractivity contribution in [2.75, 3.05) is 20.3 Å². The Balaban J connectivity index is 1.37. The minimum Gasteiger partial charge on any atom is -0.496 e. The molecule has 0 radical (unpaired) electrons. The third-order valence-corrected chi connectivity index (χ3v) is 13.4. The number of hydrogen-bond acceptors (Lipinski definition) is 6. The van der Waals surface area contributed by atoms with Gasteiger partial charge >= 0.3 is 0 Å². The van der Waals surface area contributed by atoms with Gasteiger partial charge in [0.1, 0.15) is 23.0 Å². The van der Waals surface area contributed by atoms with Crippen molar-refractivity contribution in [1.82, 2.24) is 0 Å². The summed E-state index contributed by atoms with van der Waals surface area (Å²) in [4.78, 5) is 0. The molecule has 3 aliphatic rings. The lowest BCUT2D eigenvalue weighted by molar-refractivity contribution is 0.0642. The Bertz CT molecular complexity index is 2600. The molecule has 6 nitrogen and oxygen atoms in total. The van der Waals surface area contributed by atoms with E-state index in [0.717, 1.165) is 99.1 Å². The van der Waals surface area contributed by atoms with E-state index < -0.39 is 5.60 Å². The van der Waals surface area contributed by atoms with E-state index in [9.17, 15) is 10.2 Å². The first-order chi connectivity index (χ1) is 29.9. The molecule has 1 heterocycles. The van der Waals surface area contributed by atoms with E-state index in [1.54, 1.807) is 7.11 Å². The van der Waals surface area contributed by atoms with E-state index in [4.69, 9.17) is 18.9 Å². The molecule has 0 bridgehead atoms. The van der Waals surface area contributed by atoms with E-state index in [2.05, 4.69) is 114 Å². The van der Waals surface area contributed by atoms with Crippen LogP contribution in [0.4, 0.5) is 0 Å². The fraction of sp³-hybridized carbons (Fsp3) is 0.357. The van der Waals surface area contributed by atoms with Gasteiger partial charge in [-0.2, -0.15) is 0 Å². The van der Waals surface area contributed by atoms with Gasteiger partial charge in [0.05, 0.1) is 33.5 Å². The van der Waals surface area contributed by atoms with Crippen LogP contribution in [0.25, 0.3) is 39.1 Å². The van der Waals surface area contributed by atoms with E-state index in [1.165, 1.54) is 22.3 Å². The molecule has 9 rings (SSSR count). The minimum absolute atomic E-state index is 0.0695. The molecule has 62 heavy (non-hydrogen) atoms. The highest BCUT2D eigenvalue weighted by Gasteiger charge is 2.55. The van der Waals surface area contributed by atoms with Gasteiger partial charge in [0.2, 0.25) is 0 Å². The molecule has 1 saturated carbocycles. The van der Waals surface area contributed by atoms with Crippen LogP contribution in [0, 0.1) is 10.8 Å². The lowest BCUT2D eigenvalue weighted by atomic mass is 9.52. The second-order valence-electron chi connectivity index (χ2n) is 19.3. The molecule has 6 aromatic carbocycles. The molecular weight excluding hydrogens is 769 g/mol. The average Bonchev–Trinajstić information content (AvgIpc) is 3.54. The summed E-state index contributed by atoms with van der Waals surface area (Å²) >= 11 is 0. The van der Waals surface area contributed by atoms with Gasteiger partial charge in [0.15, 0.2) is 5.60 Å². The number of hydrogen-bond donors (Lipinski definition) is 2. The molecule has 1 aliphatic heterocycles. The molecule has 0 atom stereocenters. The Labute approximate surface area is 367 Å². The van der Waals surface area contributed by atoms with E-state index in [1.807, 2.05) is 42.5 Å². The number of aliphatic hydroxyl groups excluding tert-OH is 2. The number of fused-ring (bicyclic) bond motifs is 10. The van der Waals surface area contributed by atoms with Crippen molar-refractivity contribution in [3.8, 4) is 45.3 Å². The van der Waals surface area contributed by atoms with E-state index in [0.29, 0.717) is 19.0 Å². The Kier molecular flexibility index (Phi) is 10.8. The van der Waals surface area contributed by atoms with Crippen LogP contribution in [-0.4, -0.2) is 30.5 Å². The Morgan fingerprint density at radius 2 is 1.27 bits per heavy atom. The van der Waals surface area contributed by atoms with Crippen molar-refractivity contribution in [3.05, 3.63) is 148 Å². The molecule has 2 N–H and O–H groups in total. The van der Waals surface area contributed by atoms with Gasteiger partial charge in [-0.3, -0.25) is 0 Å². The number of rotatable bonds is 12. The quantitative estimate of drug-likeness (QED) is 0.128. The Hall–Kier alpha value is -5.56. The molecule has 0 amide bonds. The average molecular weight is 829 g/mol. The Morgan fingerprint density at radius 3 is 1.85 bits per heavy atom. The second kappa shape index (κ2) is 16.0. The van der Waals surface area contributed by atoms with Crippen LogP contribution in [0.3, 0.4) is 0 Å². The minimum atomic E-state index is -0.999. The summed E-state index contributed by atoms with van der Waals surface area (Å²) in [6.45, 7) is 15.0. The van der Waals surface area contributed by atoms with Crippen LogP contribution < -0.4 is 18.9 Å². The first-order valence-electron chi connectivity index (χ1n) is 22.4. The number of benzene rings is 6. The largest absolute Gasteiger partial charge is 0.496 e. The molecular formula is C56H60O6. The van der Waals surface area contributed by atoms with Crippen LogP contribution in [-0.2, 0) is 24.2 Å². The molecule has 0 unspecified atom stereocenters. The smallest absolute Gasteiger partial charge is 0.178 e. The molecule has 6 heteroatoms. The van der Waals surface area contributed by atoms with Crippen LogP contribution in [0.1, 0.15) is 113 Å². The summed E-state index contributed by atoms with van der Waals surface area (Å²) in [5.41, 5.74) is 10.3. The summed E-state index contributed by atoms with van der Waals surface area (Å²) in [7, 11) is 1.71. The van der Waals surface area contributed by atoms with E-state index in [-0.39, 0.29) is 29.5 Å². The van der Waals surface area contributed by atoms with Crippen molar-refractivity contribution < 1.29 is 29.2 Å². The summed E-state index contributed by atoms with van der Waals surface area (Å²) in [6, 6.07) is 36.0. The molecule has 2 aliphatic carbocycles. The van der Waals surface area contributed by atoms with Crippen molar-refractivity contribution in [1.29, 1.82) is 0 Å². The van der Waals surface area contributed by atoms with Gasteiger partial charge in [-0.05, 0) is 130 Å². The molecule has 320 valence electrons. The van der Waals surface area contributed by atoms with Gasteiger partial charge in [0.25, 0.3) is 0 Å². The monoisotopic (exact) mass is 828 g/mol. The standard InChI is InChI=1S/C56H60O6/c1-8-26-60-40-19-15-38(16-20-40)56(39-17-21-41(22-18-39)61-27-9-2)25-24-44-51-50(43-12-10-11-13-48(43)55(51)34-53(3,4)33-54(5,6)35-55)46-29-45(49(59-7)30-47(46)52(44)62-56)42-23-14-36(31-57)28-37(42)32-58/h10-25,28-30,57-58H,8-9,26-27,31-35H2,1-7H3. The van der Waals surface area contributed by atoms with Gasteiger partial charge < -0.3 is 29.2 Å². The van der Waals surface area contributed by atoms with Gasteiger partial charge in [-0.15, -0.1) is 0 Å². The third-order valence-electron chi connectivity index (χ3n) is 13.4. The maximum absolute atomic E-state index is 10.7. The van der Waals surface area contributed by atoms with Crippen molar-refractivity contribution in [2.24, 2.45) is 10.8 Å². The Morgan fingerprint density at radius 1 is 0.645 bits per heavy atom. The predicted molar refractivity (Wildman–Crippen MR) is 250 cm³/mol. The maximum Gasteiger partial charge on any atom is 0.178 e. The van der Waals surface area contributed by atoms with Gasteiger partial charge in [-0.25, -0.2) is 0 Å². The SMILES string of the molecule is CCCOc1ccc(C2(c3ccc(OCCC)cc3)C=Cc3c4c(c5cc(-c6ccc(CO)cc6CO)c(OC)cc5c3O2)-c2ccccc2C42CC(C)(C)CC(C)(C)C2)cc1. The van der Waals surface area contributed by atoms with Crippen molar-refractivity contribution in [3.63, 3.8) is 0 Å². The van der Waals surface area contributed by atoms with Crippen LogP contribution >= 0.6 is 0 Å². The van der Waals surface area contributed by atoms with Crippen LogP contribution in [0.2, 0.25) is 0 Å². The molecule has 0 saturated heterocycles. The first kappa shape index (κ1) is 41.8. The molecule has 0 aromatic heterocycles. The highest BCUT2D eigenvalue weighted by molar-refractivity contribution is 6.11. The van der Waals surface area contributed by atoms with Crippen molar-refractivity contribution >= 4 is 16.8 Å². The fourth-order valence-corrected chi connectivity index (χ4v) is 11.7. The molecule has 6 aromatic rings. The van der Waals surface area contributed by atoms with Gasteiger partial charge in [-0.1, -0.05) is 114 Å². The number of aliphatic hydroxyl groups is 2. The predicted octanol–water partition coefficient (Wildman–Crippen LogP) is 12.9. The van der Waals surface area contributed by atoms with Crippen molar-refractivity contribution in [2.45, 2.75) is 97.9 Å². The zero-order valence-electron chi connectivity index (χ0n) is 37.4.